The minimum absolute atomic E-state index is 0.302. The van der Waals surface area contributed by atoms with Crippen molar-refractivity contribution < 1.29 is 0 Å². The van der Waals surface area contributed by atoms with E-state index in [2.05, 4.69) is 45.5 Å². The molecule has 88 valence electrons. The first-order valence-electron chi connectivity index (χ1n) is 6.01. The molecule has 3 N–H and O–H groups in total. The van der Waals surface area contributed by atoms with Gasteiger partial charge in [-0.15, -0.1) is 0 Å². The molecular formula is C13H19BrN2. The summed E-state index contributed by atoms with van der Waals surface area (Å²) in [6, 6.07) is 9.41. The lowest BCUT2D eigenvalue weighted by molar-refractivity contribution is 0.444. The molecule has 3 heteroatoms. The Morgan fingerprint density at radius 1 is 1.25 bits per heavy atom. The van der Waals surface area contributed by atoms with Crippen molar-refractivity contribution in [3.63, 3.8) is 0 Å². The number of halogens is 1. The highest BCUT2D eigenvalue weighted by Gasteiger charge is 2.19. The monoisotopic (exact) mass is 282 g/mol. The maximum Gasteiger partial charge on any atom is 0.0446 e. The SMILES string of the molecule is NCC(NC1CCCC1)c1ccc(Br)cc1. The van der Waals surface area contributed by atoms with Crippen LogP contribution in [0.15, 0.2) is 28.7 Å². The van der Waals surface area contributed by atoms with E-state index in [0.717, 1.165) is 4.47 Å². The highest BCUT2D eigenvalue weighted by Crippen LogP contribution is 2.22. The van der Waals surface area contributed by atoms with Crippen LogP contribution in [0.3, 0.4) is 0 Å². The second kappa shape index (κ2) is 5.80. The van der Waals surface area contributed by atoms with Crippen LogP contribution in [0.5, 0.6) is 0 Å². The zero-order valence-electron chi connectivity index (χ0n) is 9.45. The first kappa shape index (κ1) is 12.1. The van der Waals surface area contributed by atoms with Crippen molar-refractivity contribution >= 4 is 15.9 Å². The number of nitrogens with two attached hydrogens (primary N) is 1. The lowest BCUT2D eigenvalue weighted by atomic mass is 10.1. The van der Waals surface area contributed by atoms with Crippen LogP contribution in [-0.4, -0.2) is 12.6 Å². The number of nitrogens with one attached hydrogen (secondary N) is 1. The first-order valence-corrected chi connectivity index (χ1v) is 6.80. The molecule has 1 aliphatic rings. The molecule has 2 nitrogen and oxygen atoms in total. The Morgan fingerprint density at radius 2 is 1.88 bits per heavy atom. The summed E-state index contributed by atoms with van der Waals surface area (Å²) < 4.78 is 1.12. The largest absolute Gasteiger partial charge is 0.329 e. The quantitative estimate of drug-likeness (QED) is 0.891. The molecule has 1 aliphatic carbocycles. The number of benzene rings is 1. The fourth-order valence-electron chi connectivity index (χ4n) is 2.37. The number of rotatable bonds is 4. The molecular weight excluding hydrogens is 264 g/mol. The summed E-state index contributed by atoms with van der Waals surface area (Å²) in [5.41, 5.74) is 7.14. The van der Waals surface area contributed by atoms with Gasteiger partial charge in [0.05, 0.1) is 0 Å². The van der Waals surface area contributed by atoms with Gasteiger partial charge in [-0.1, -0.05) is 40.9 Å². The van der Waals surface area contributed by atoms with Crippen LogP contribution < -0.4 is 11.1 Å². The van der Waals surface area contributed by atoms with E-state index in [0.29, 0.717) is 18.6 Å². The summed E-state index contributed by atoms with van der Waals surface area (Å²) in [5.74, 6) is 0. The van der Waals surface area contributed by atoms with Crippen molar-refractivity contribution in [1.29, 1.82) is 0 Å². The number of hydrogen-bond donors (Lipinski definition) is 2. The van der Waals surface area contributed by atoms with E-state index in [4.69, 9.17) is 5.73 Å². The molecule has 1 unspecified atom stereocenters. The molecule has 0 saturated heterocycles. The fraction of sp³-hybridized carbons (Fsp3) is 0.538. The second-order valence-corrected chi connectivity index (χ2v) is 5.40. The van der Waals surface area contributed by atoms with Gasteiger partial charge in [0.2, 0.25) is 0 Å². The van der Waals surface area contributed by atoms with Crippen LogP contribution in [0.2, 0.25) is 0 Å². The Morgan fingerprint density at radius 3 is 2.44 bits per heavy atom. The molecule has 1 aromatic rings. The van der Waals surface area contributed by atoms with Crippen LogP contribution in [0.4, 0.5) is 0 Å². The van der Waals surface area contributed by atoms with Crippen molar-refractivity contribution in [2.45, 2.75) is 37.8 Å². The summed E-state index contributed by atoms with van der Waals surface area (Å²) in [4.78, 5) is 0. The maximum absolute atomic E-state index is 5.85. The van der Waals surface area contributed by atoms with Crippen LogP contribution in [-0.2, 0) is 0 Å². The maximum atomic E-state index is 5.85. The first-order chi connectivity index (χ1) is 7.79. The lowest BCUT2D eigenvalue weighted by Crippen LogP contribution is -2.35. The molecule has 1 atom stereocenters. The van der Waals surface area contributed by atoms with Crippen LogP contribution in [0.25, 0.3) is 0 Å². The van der Waals surface area contributed by atoms with Gasteiger partial charge in [0.15, 0.2) is 0 Å². The minimum atomic E-state index is 0.302. The Bertz CT molecular complexity index is 317. The molecule has 16 heavy (non-hydrogen) atoms. The highest BCUT2D eigenvalue weighted by atomic mass is 79.9. The molecule has 0 heterocycles. The molecule has 1 fully saturated rings. The van der Waals surface area contributed by atoms with Crippen molar-refractivity contribution in [3.8, 4) is 0 Å². The fourth-order valence-corrected chi connectivity index (χ4v) is 2.64. The topological polar surface area (TPSA) is 38.0 Å². The van der Waals surface area contributed by atoms with Gasteiger partial charge in [-0.3, -0.25) is 0 Å². The Hall–Kier alpha value is -0.380. The second-order valence-electron chi connectivity index (χ2n) is 4.49. The van der Waals surface area contributed by atoms with E-state index in [-0.39, 0.29) is 0 Å². The van der Waals surface area contributed by atoms with E-state index in [1.165, 1.54) is 31.2 Å². The van der Waals surface area contributed by atoms with E-state index in [1.807, 2.05) is 0 Å². The van der Waals surface area contributed by atoms with Gasteiger partial charge in [-0.2, -0.15) is 0 Å². The van der Waals surface area contributed by atoms with E-state index in [9.17, 15) is 0 Å². The third-order valence-corrected chi connectivity index (χ3v) is 3.83. The lowest BCUT2D eigenvalue weighted by Gasteiger charge is -2.22. The molecule has 0 spiro atoms. The van der Waals surface area contributed by atoms with Crippen LogP contribution in [0, 0.1) is 0 Å². The summed E-state index contributed by atoms with van der Waals surface area (Å²) in [7, 11) is 0. The summed E-state index contributed by atoms with van der Waals surface area (Å²) in [6.07, 6.45) is 5.31. The molecule has 0 radical (unpaired) electrons. The Labute approximate surface area is 106 Å². The summed E-state index contributed by atoms with van der Waals surface area (Å²) >= 11 is 3.45. The molecule has 1 saturated carbocycles. The smallest absolute Gasteiger partial charge is 0.0446 e. The average molecular weight is 283 g/mol. The standard InChI is InChI=1S/C13H19BrN2/c14-11-7-5-10(6-8-11)13(9-15)16-12-3-1-2-4-12/h5-8,12-13,16H,1-4,9,15H2. The molecule has 0 amide bonds. The third-order valence-electron chi connectivity index (χ3n) is 3.30. The Kier molecular flexibility index (Phi) is 4.38. The van der Waals surface area contributed by atoms with Gasteiger partial charge in [-0.25, -0.2) is 0 Å². The van der Waals surface area contributed by atoms with Gasteiger partial charge < -0.3 is 11.1 Å². The van der Waals surface area contributed by atoms with Crippen molar-refractivity contribution in [3.05, 3.63) is 34.3 Å². The van der Waals surface area contributed by atoms with E-state index in [1.54, 1.807) is 0 Å². The predicted octanol–water partition coefficient (Wildman–Crippen LogP) is 2.98. The van der Waals surface area contributed by atoms with E-state index >= 15 is 0 Å². The average Bonchev–Trinajstić information content (AvgIpc) is 2.80. The predicted molar refractivity (Wildman–Crippen MR) is 71.3 cm³/mol. The van der Waals surface area contributed by atoms with Gasteiger partial charge in [0.1, 0.15) is 0 Å². The highest BCUT2D eigenvalue weighted by molar-refractivity contribution is 9.10. The third kappa shape index (κ3) is 3.06. The molecule has 1 aromatic carbocycles. The molecule has 0 aliphatic heterocycles. The minimum Gasteiger partial charge on any atom is -0.329 e. The van der Waals surface area contributed by atoms with Crippen LogP contribution in [0.1, 0.15) is 37.3 Å². The van der Waals surface area contributed by atoms with Crippen molar-refractivity contribution in [2.75, 3.05) is 6.54 Å². The van der Waals surface area contributed by atoms with Gasteiger partial charge in [0.25, 0.3) is 0 Å². The van der Waals surface area contributed by atoms with Gasteiger partial charge in [-0.05, 0) is 30.5 Å². The number of hydrogen-bond acceptors (Lipinski definition) is 2. The summed E-state index contributed by atoms with van der Waals surface area (Å²) in [6.45, 7) is 0.665. The van der Waals surface area contributed by atoms with Crippen molar-refractivity contribution in [1.82, 2.24) is 5.32 Å². The zero-order chi connectivity index (χ0) is 11.4. The zero-order valence-corrected chi connectivity index (χ0v) is 11.0. The van der Waals surface area contributed by atoms with E-state index < -0.39 is 0 Å². The molecule has 0 aromatic heterocycles. The molecule has 2 rings (SSSR count). The summed E-state index contributed by atoms with van der Waals surface area (Å²) in [5, 5.41) is 3.66. The normalized spacial score (nSPS) is 18.9. The molecule has 0 bridgehead atoms. The van der Waals surface area contributed by atoms with Gasteiger partial charge >= 0.3 is 0 Å². The van der Waals surface area contributed by atoms with Gasteiger partial charge in [0, 0.05) is 23.1 Å². The van der Waals surface area contributed by atoms with Crippen LogP contribution >= 0.6 is 15.9 Å². The Balaban J connectivity index is 2.00. The van der Waals surface area contributed by atoms with Crippen molar-refractivity contribution in [2.24, 2.45) is 5.73 Å².